The Hall–Kier alpha value is -3.13. The van der Waals surface area contributed by atoms with Crippen LogP contribution in [0.15, 0.2) is 24.5 Å². The first kappa shape index (κ1) is 32.8. The summed E-state index contributed by atoms with van der Waals surface area (Å²) in [5, 5.41) is 2.73. The third kappa shape index (κ3) is 8.28. The van der Waals surface area contributed by atoms with Crippen LogP contribution in [0.4, 0.5) is 23.9 Å². The van der Waals surface area contributed by atoms with E-state index in [0.717, 1.165) is 6.07 Å². The van der Waals surface area contributed by atoms with Gasteiger partial charge in [0.15, 0.2) is 17.4 Å². The molecule has 1 aromatic heterocycles. The van der Waals surface area contributed by atoms with Gasteiger partial charge in [-0.1, -0.05) is 6.92 Å². The average molecular weight is 628 g/mol. The van der Waals surface area contributed by atoms with Gasteiger partial charge in [0, 0.05) is 38.2 Å². The van der Waals surface area contributed by atoms with Gasteiger partial charge in [0.25, 0.3) is 0 Å². The average Bonchev–Trinajstić information content (AvgIpc) is 3.33. The summed E-state index contributed by atoms with van der Waals surface area (Å²) < 4.78 is 80.2. The summed E-state index contributed by atoms with van der Waals surface area (Å²) in [7, 11) is -3.22. The topological polar surface area (TPSA) is 114 Å². The van der Waals surface area contributed by atoms with Crippen LogP contribution < -0.4 is 15.0 Å². The largest absolute Gasteiger partial charge is 0.487 e. The number of aromatic nitrogens is 2. The van der Waals surface area contributed by atoms with E-state index in [9.17, 15) is 26.4 Å². The molecule has 2 aliphatic rings. The maximum Gasteiger partial charge on any atom is 0.407 e. The van der Waals surface area contributed by atoms with Crippen LogP contribution in [0.1, 0.15) is 65.4 Å². The number of amides is 1. The molecule has 2 saturated heterocycles. The molecule has 1 N–H and O–H groups in total. The van der Waals surface area contributed by atoms with Gasteiger partial charge < -0.3 is 19.7 Å². The zero-order valence-corrected chi connectivity index (χ0v) is 26.0. The summed E-state index contributed by atoms with van der Waals surface area (Å²) in [5.74, 6) is -3.11. The number of nitrogens with zero attached hydrogens (tertiary/aromatic N) is 4. The van der Waals surface area contributed by atoms with Crippen LogP contribution in [0, 0.1) is 23.4 Å². The first-order valence-corrected chi connectivity index (χ1v) is 16.1. The predicted octanol–water partition coefficient (Wildman–Crippen LogP) is 4.61. The van der Waals surface area contributed by atoms with Crippen LogP contribution in [0.3, 0.4) is 0 Å². The summed E-state index contributed by atoms with van der Waals surface area (Å²) in [6.07, 6.45) is 4.07. The molecule has 1 aromatic carbocycles. The Morgan fingerprint density at radius 1 is 1.07 bits per heavy atom. The fraction of sp³-hybridized carbons (Fsp3) is 0.621. The van der Waals surface area contributed by atoms with Gasteiger partial charge in [0.2, 0.25) is 16.0 Å². The van der Waals surface area contributed by atoms with E-state index in [-0.39, 0.29) is 42.4 Å². The van der Waals surface area contributed by atoms with Gasteiger partial charge in [-0.15, -0.1) is 0 Å². The molecule has 2 aromatic rings. The second-order valence-corrected chi connectivity index (χ2v) is 14.2. The fourth-order valence-corrected chi connectivity index (χ4v) is 7.11. The molecular formula is C29H40F3N5O5S. The number of hydrogen-bond acceptors (Lipinski definition) is 8. The highest BCUT2D eigenvalue weighted by Gasteiger charge is 2.39. The molecule has 0 radical (unpaired) electrons. The van der Waals surface area contributed by atoms with E-state index in [4.69, 9.17) is 9.47 Å². The molecule has 3 atom stereocenters. The number of piperidine rings is 1. The number of halogens is 3. The highest BCUT2D eigenvalue weighted by Crippen LogP contribution is 2.33. The van der Waals surface area contributed by atoms with Crippen molar-refractivity contribution in [1.82, 2.24) is 19.6 Å². The minimum Gasteiger partial charge on any atom is -0.487 e. The molecule has 0 unspecified atom stereocenters. The first-order valence-electron chi connectivity index (χ1n) is 14.5. The van der Waals surface area contributed by atoms with Crippen molar-refractivity contribution < 1.29 is 35.9 Å². The number of carbonyl (C=O) groups excluding carboxylic acids is 1. The Balaban J connectivity index is 1.43. The van der Waals surface area contributed by atoms with Crippen molar-refractivity contribution in [2.45, 2.75) is 77.5 Å². The molecule has 0 bridgehead atoms. The van der Waals surface area contributed by atoms with Gasteiger partial charge in [-0.3, -0.25) is 0 Å². The van der Waals surface area contributed by atoms with E-state index in [0.29, 0.717) is 44.2 Å². The number of anilines is 1. The molecule has 14 heteroatoms. The Bertz CT molecular complexity index is 1380. The summed E-state index contributed by atoms with van der Waals surface area (Å²) >= 11 is 0. The van der Waals surface area contributed by atoms with Crippen LogP contribution in [0.5, 0.6) is 5.75 Å². The molecule has 10 nitrogen and oxygen atoms in total. The van der Waals surface area contributed by atoms with Gasteiger partial charge in [0.1, 0.15) is 11.4 Å². The molecule has 3 heterocycles. The quantitative estimate of drug-likeness (QED) is 0.401. The first-order chi connectivity index (χ1) is 20.2. The normalized spacial score (nSPS) is 21.1. The second-order valence-electron chi connectivity index (χ2n) is 12.1. The lowest BCUT2D eigenvalue weighted by atomic mass is 9.93. The molecule has 0 spiro atoms. The predicted molar refractivity (Wildman–Crippen MR) is 155 cm³/mol. The number of alkyl carbamates (subject to hydrolysis) is 1. The Labute approximate surface area is 251 Å². The molecule has 1 amide bonds. The van der Waals surface area contributed by atoms with Crippen molar-refractivity contribution in [2.75, 3.05) is 36.8 Å². The lowest BCUT2D eigenvalue weighted by molar-refractivity contribution is 0.0504. The molecule has 238 valence electrons. The maximum atomic E-state index is 14.8. The number of hydrogen-bond donors (Lipinski definition) is 1. The van der Waals surface area contributed by atoms with E-state index in [2.05, 4.69) is 15.3 Å². The van der Waals surface area contributed by atoms with Crippen LogP contribution >= 0.6 is 0 Å². The summed E-state index contributed by atoms with van der Waals surface area (Å²) in [6, 6.07) is 0.599. The van der Waals surface area contributed by atoms with Crippen molar-refractivity contribution in [1.29, 1.82) is 0 Å². The Morgan fingerprint density at radius 2 is 1.70 bits per heavy atom. The van der Waals surface area contributed by atoms with Gasteiger partial charge in [0.05, 0.1) is 30.3 Å². The van der Waals surface area contributed by atoms with Crippen molar-refractivity contribution >= 4 is 22.1 Å². The molecule has 43 heavy (non-hydrogen) atoms. The number of carbonyl (C=O) groups is 1. The standard InChI is InChI=1S/C29H40F3N5O5S/c1-6-11-43(39,40)37-9-7-19(8-10-37)18(2)41-20-14-33-27(34-15-20)36-16-22(21-12-24(31)25(32)13-23(21)30)26(17-36)35-28(38)42-29(3,4)5/h12-15,18-19,22,26H,6-11,16-17H2,1-5H3,(H,35,38)/t18-,22+,26-/m0/s1. The van der Waals surface area contributed by atoms with Gasteiger partial charge >= 0.3 is 6.09 Å². The molecule has 2 aliphatic heterocycles. The zero-order chi connectivity index (χ0) is 31.5. The minimum absolute atomic E-state index is 0.0789. The number of nitrogens with one attached hydrogen (secondary N) is 1. The van der Waals surface area contributed by atoms with E-state index in [1.165, 1.54) is 12.4 Å². The van der Waals surface area contributed by atoms with Crippen LogP contribution in [-0.4, -0.2) is 78.5 Å². The number of rotatable bonds is 9. The van der Waals surface area contributed by atoms with Crippen molar-refractivity contribution in [2.24, 2.45) is 5.92 Å². The lowest BCUT2D eigenvalue weighted by Gasteiger charge is -2.34. The third-order valence-corrected chi connectivity index (χ3v) is 9.77. The smallest absolute Gasteiger partial charge is 0.407 e. The van der Waals surface area contributed by atoms with Gasteiger partial charge in [-0.05, 0) is 64.5 Å². The molecule has 0 aliphatic carbocycles. The minimum atomic E-state index is -3.22. The molecule has 0 saturated carbocycles. The van der Waals surface area contributed by atoms with Crippen molar-refractivity contribution in [3.63, 3.8) is 0 Å². The van der Waals surface area contributed by atoms with E-state index >= 15 is 0 Å². The third-order valence-electron chi connectivity index (χ3n) is 7.70. The summed E-state index contributed by atoms with van der Waals surface area (Å²) in [6.45, 7) is 10.1. The SMILES string of the molecule is CCCS(=O)(=O)N1CCC([C@H](C)Oc2cnc(N3C[C@H](NC(=O)OC(C)(C)C)[C@@H](c4cc(F)c(F)cc4F)C3)nc2)CC1. The zero-order valence-electron chi connectivity index (χ0n) is 25.1. The molecule has 2 fully saturated rings. The van der Waals surface area contributed by atoms with Gasteiger partial charge in [-0.25, -0.2) is 40.7 Å². The van der Waals surface area contributed by atoms with Crippen LogP contribution in [-0.2, 0) is 14.8 Å². The molecule has 4 rings (SSSR count). The summed E-state index contributed by atoms with van der Waals surface area (Å²) in [4.78, 5) is 23.1. The lowest BCUT2D eigenvalue weighted by Crippen LogP contribution is -2.43. The fourth-order valence-electron chi connectivity index (χ4n) is 5.56. The van der Waals surface area contributed by atoms with Crippen LogP contribution in [0.25, 0.3) is 0 Å². The molecular weight excluding hydrogens is 587 g/mol. The number of sulfonamides is 1. The number of benzene rings is 1. The van der Waals surface area contributed by atoms with E-state index in [1.54, 1.807) is 30.0 Å². The van der Waals surface area contributed by atoms with Crippen molar-refractivity contribution in [3.8, 4) is 5.75 Å². The monoisotopic (exact) mass is 627 g/mol. The Morgan fingerprint density at radius 3 is 2.30 bits per heavy atom. The summed E-state index contributed by atoms with van der Waals surface area (Å²) in [5.41, 5.74) is -0.852. The highest BCUT2D eigenvalue weighted by atomic mass is 32.2. The van der Waals surface area contributed by atoms with Crippen molar-refractivity contribution in [3.05, 3.63) is 47.5 Å². The maximum absolute atomic E-state index is 14.8. The Kier molecular flexibility index (Phi) is 10.1. The van der Waals surface area contributed by atoms with E-state index in [1.807, 2.05) is 13.8 Å². The second kappa shape index (κ2) is 13.2. The highest BCUT2D eigenvalue weighted by molar-refractivity contribution is 7.89. The van der Waals surface area contributed by atoms with Gasteiger partial charge in [-0.2, -0.15) is 0 Å². The number of ether oxygens (including phenoxy) is 2. The van der Waals surface area contributed by atoms with E-state index < -0.39 is 51.1 Å². The van der Waals surface area contributed by atoms with Crippen LogP contribution in [0.2, 0.25) is 0 Å².